The van der Waals surface area contributed by atoms with Crippen LogP contribution in [-0.2, 0) is 19.8 Å². The fraction of sp³-hybridized carbons (Fsp3) is 0.405. The van der Waals surface area contributed by atoms with Gasteiger partial charge in [-0.15, -0.1) is 11.3 Å². The molecule has 0 spiro atoms. The van der Waals surface area contributed by atoms with Crippen molar-refractivity contribution in [1.29, 1.82) is 0 Å². The van der Waals surface area contributed by atoms with Crippen LogP contribution in [0.1, 0.15) is 49.1 Å². The van der Waals surface area contributed by atoms with E-state index in [1.165, 1.54) is 24.5 Å². The molecule has 0 radical (unpaired) electrons. The van der Waals surface area contributed by atoms with Crippen molar-refractivity contribution in [3.8, 4) is 21.8 Å². The zero-order valence-corrected chi connectivity index (χ0v) is 36.0. The SMILES string of the molecule is CCN(C)S(=O)(=O)Nc1cccc(-c2nc(C)sc2-c2ccnc(Nc3ccc(N4CCN(CC5CCN(c6ccc(C7CCC(=O)NC7=O)cn6)CC5)CC4)cn3)n2)c1F. The molecule has 8 rings (SSSR count). The molecule has 61 heavy (non-hydrogen) atoms. The number of carbonyl (C=O) groups excluding carboxylic acids is 2. The molecule has 5 aromatic rings. The molecule has 320 valence electrons. The molecule has 19 heteroatoms. The first-order valence-corrected chi connectivity index (χ1v) is 22.8. The highest BCUT2D eigenvalue weighted by molar-refractivity contribution is 7.90. The van der Waals surface area contributed by atoms with Gasteiger partial charge >= 0.3 is 10.2 Å². The van der Waals surface area contributed by atoms with Crippen LogP contribution in [0.15, 0.2) is 67.1 Å². The van der Waals surface area contributed by atoms with Crippen molar-refractivity contribution in [2.75, 3.05) is 79.2 Å². The van der Waals surface area contributed by atoms with Gasteiger partial charge in [0, 0.05) is 83.8 Å². The third kappa shape index (κ3) is 9.64. The number of amides is 2. The second kappa shape index (κ2) is 18.2. The van der Waals surface area contributed by atoms with E-state index in [2.05, 4.69) is 50.0 Å². The summed E-state index contributed by atoms with van der Waals surface area (Å²) >= 11 is 1.36. The fourth-order valence-electron chi connectivity index (χ4n) is 7.97. The number of nitrogens with zero attached hydrogens (tertiary/aromatic N) is 9. The van der Waals surface area contributed by atoms with Gasteiger partial charge in [-0.2, -0.15) is 12.7 Å². The van der Waals surface area contributed by atoms with E-state index in [4.69, 9.17) is 4.98 Å². The number of hydrogen-bond acceptors (Lipinski definition) is 14. The van der Waals surface area contributed by atoms with Crippen LogP contribution in [0.2, 0.25) is 0 Å². The van der Waals surface area contributed by atoms with E-state index in [1.807, 2.05) is 37.4 Å². The molecule has 16 nitrogen and oxygen atoms in total. The van der Waals surface area contributed by atoms with Crippen molar-refractivity contribution in [2.45, 2.75) is 45.4 Å². The predicted molar refractivity (Wildman–Crippen MR) is 235 cm³/mol. The Morgan fingerprint density at radius 3 is 2.43 bits per heavy atom. The molecule has 0 bridgehead atoms. The van der Waals surface area contributed by atoms with Crippen molar-refractivity contribution in [3.63, 3.8) is 0 Å². The predicted octanol–water partition coefficient (Wildman–Crippen LogP) is 5.42. The number of pyridine rings is 2. The van der Waals surface area contributed by atoms with Gasteiger partial charge in [0.05, 0.1) is 44.8 Å². The molecule has 3 N–H and O–H groups in total. The zero-order chi connectivity index (χ0) is 42.7. The van der Waals surface area contributed by atoms with Crippen LogP contribution in [0.3, 0.4) is 0 Å². The molecule has 2 amide bonds. The van der Waals surface area contributed by atoms with Crippen LogP contribution in [0, 0.1) is 18.7 Å². The molecular formula is C42H49FN12O4S2. The van der Waals surface area contributed by atoms with Gasteiger partial charge in [0.25, 0.3) is 0 Å². The smallest absolute Gasteiger partial charge is 0.301 e. The number of hydrogen-bond donors (Lipinski definition) is 3. The molecule has 0 saturated carbocycles. The summed E-state index contributed by atoms with van der Waals surface area (Å²) in [6.45, 7) is 10.5. The number of thiazole rings is 1. The highest BCUT2D eigenvalue weighted by Crippen LogP contribution is 2.39. The molecule has 7 heterocycles. The van der Waals surface area contributed by atoms with Gasteiger partial charge in [-0.3, -0.25) is 24.5 Å². The first kappa shape index (κ1) is 42.1. The lowest BCUT2D eigenvalue weighted by atomic mass is 9.91. The molecule has 3 fully saturated rings. The number of carbonyl (C=O) groups is 2. The number of rotatable bonds is 13. The minimum absolute atomic E-state index is 0.151. The Morgan fingerprint density at radius 1 is 0.918 bits per heavy atom. The van der Waals surface area contributed by atoms with Gasteiger partial charge in [0.1, 0.15) is 11.6 Å². The topological polar surface area (TPSA) is 182 Å². The number of aromatic nitrogens is 5. The average molecular weight is 869 g/mol. The Kier molecular flexibility index (Phi) is 12.5. The van der Waals surface area contributed by atoms with Crippen LogP contribution in [0.25, 0.3) is 21.8 Å². The second-order valence-corrected chi connectivity index (χ2v) is 18.5. The third-order valence-corrected chi connectivity index (χ3v) is 14.1. The van der Waals surface area contributed by atoms with E-state index in [9.17, 15) is 18.0 Å². The number of imide groups is 1. The maximum absolute atomic E-state index is 15.9. The number of piperazine rings is 1. The minimum atomic E-state index is -3.94. The molecule has 3 aliphatic heterocycles. The first-order valence-electron chi connectivity index (χ1n) is 20.5. The van der Waals surface area contributed by atoms with Crippen LogP contribution in [-0.4, -0.2) is 114 Å². The van der Waals surface area contributed by atoms with E-state index in [-0.39, 0.29) is 35.5 Å². The molecule has 1 atom stereocenters. The average Bonchev–Trinajstić information content (AvgIpc) is 3.66. The normalized spacial score (nSPS) is 18.1. The summed E-state index contributed by atoms with van der Waals surface area (Å²) in [5.74, 6) is 0.955. The van der Waals surface area contributed by atoms with Crippen LogP contribution < -0.4 is 25.2 Å². The Labute approximate surface area is 358 Å². The zero-order valence-electron chi connectivity index (χ0n) is 34.3. The Morgan fingerprint density at radius 2 is 1.72 bits per heavy atom. The number of nitrogens with one attached hydrogen (secondary N) is 3. The largest absolute Gasteiger partial charge is 0.368 e. The fourth-order valence-corrected chi connectivity index (χ4v) is 9.81. The molecule has 3 saturated heterocycles. The van der Waals surface area contributed by atoms with Crippen molar-refractivity contribution < 1.29 is 22.4 Å². The second-order valence-electron chi connectivity index (χ2n) is 15.6. The lowest BCUT2D eigenvalue weighted by molar-refractivity contribution is -0.134. The van der Waals surface area contributed by atoms with Gasteiger partial charge in [0.15, 0.2) is 5.82 Å². The number of benzene rings is 1. The van der Waals surface area contributed by atoms with Crippen LogP contribution >= 0.6 is 11.3 Å². The monoisotopic (exact) mass is 868 g/mol. The highest BCUT2D eigenvalue weighted by atomic mass is 32.2. The minimum Gasteiger partial charge on any atom is -0.368 e. The lowest BCUT2D eigenvalue weighted by Gasteiger charge is -2.39. The summed E-state index contributed by atoms with van der Waals surface area (Å²) in [4.78, 5) is 54.7. The van der Waals surface area contributed by atoms with E-state index in [0.29, 0.717) is 51.8 Å². The maximum atomic E-state index is 15.9. The molecule has 3 aliphatic rings. The Hall–Kier alpha value is -5.63. The molecular weight excluding hydrogens is 820 g/mol. The third-order valence-electron chi connectivity index (χ3n) is 11.6. The van der Waals surface area contributed by atoms with E-state index in [0.717, 1.165) is 80.0 Å². The summed E-state index contributed by atoms with van der Waals surface area (Å²) in [5.41, 5.74) is 2.77. The van der Waals surface area contributed by atoms with Gasteiger partial charge in [-0.1, -0.05) is 19.1 Å². The summed E-state index contributed by atoms with van der Waals surface area (Å²) in [7, 11) is -2.52. The van der Waals surface area contributed by atoms with Crippen molar-refractivity contribution in [3.05, 3.63) is 83.5 Å². The van der Waals surface area contributed by atoms with Gasteiger partial charge in [-0.25, -0.2) is 29.3 Å². The van der Waals surface area contributed by atoms with Crippen molar-refractivity contribution >= 4 is 62.3 Å². The van der Waals surface area contributed by atoms with E-state index in [1.54, 1.807) is 37.5 Å². The summed E-state index contributed by atoms with van der Waals surface area (Å²) in [5, 5.41) is 6.32. The Bertz CT molecular complexity index is 2470. The molecule has 4 aromatic heterocycles. The van der Waals surface area contributed by atoms with Crippen LogP contribution in [0.5, 0.6) is 0 Å². The molecule has 0 aliphatic carbocycles. The quantitative estimate of drug-likeness (QED) is 0.128. The highest BCUT2D eigenvalue weighted by Gasteiger charge is 2.30. The summed E-state index contributed by atoms with van der Waals surface area (Å²) in [6.07, 6.45) is 8.34. The van der Waals surface area contributed by atoms with Gasteiger partial charge in [-0.05, 0) is 74.1 Å². The van der Waals surface area contributed by atoms with Crippen molar-refractivity contribution in [1.82, 2.24) is 39.4 Å². The number of aryl methyl sites for hydroxylation is 1. The standard InChI is InChI=1S/C42H49FN12O4S2/c1-4-52(3)61(58,59)51-33-7-5-6-32(38(33)43)39-40(60-27(2)47-39)34-14-17-44-42(48-34)49-35-11-9-30(25-45-35)54-22-20-53(21-23-54)26-28-15-18-55(19-16-28)36-12-8-29(24-46-36)31-10-13-37(56)50-41(31)57/h5-9,11-12,14,17,24-25,28,31,51H,4,10,13,15-16,18-23,26H2,1-3H3,(H,50,56,57)(H,44,45,48,49). The van der Waals surface area contributed by atoms with Gasteiger partial charge < -0.3 is 15.1 Å². The Balaban J connectivity index is 0.828. The number of halogens is 1. The first-order chi connectivity index (χ1) is 29.4. The maximum Gasteiger partial charge on any atom is 0.301 e. The van der Waals surface area contributed by atoms with E-state index < -0.39 is 16.0 Å². The number of piperidine rings is 2. The van der Waals surface area contributed by atoms with E-state index >= 15 is 4.39 Å². The van der Waals surface area contributed by atoms with Gasteiger partial charge in [0.2, 0.25) is 17.8 Å². The number of anilines is 5. The van der Waals surface area contributed by atoms with Crippen molar-refractivity contribution in [2.24, 2.45) is 5.92 Å². The van der Waals surface area contributed by atoms with Crippen LogP contribution in [0.4, 0.5) is 33.3 Å². The molecule has 1 aromatic carbocycles. The molecule has 1 unspecified atom stereocenters. The summed E-state index contributed by atoms with van der Waals surface area (Å²) in [6, 6.07) is 14.2. The summed E-state index contributed by atoms with van der Waals surface area (Å²) < 4.78 is 44.6. The lowest BCUT2D eigenvalue weighted by Crippen LogP contribution is -2.49.